The minimum atomic E-state index is -0.576. The van der Waals surface area contributed by atoms with Gasteiger partial charge in [0.05, 0.1) is 0 Å². The van der Waals surface area contributed by atoms with E-state index in [4.69, 9.17) is 4.74 Å². The molecule has 1 aromatic rings. The molecule has 0 aliphatic heterocycles. The summed E-state index contributed by atoms with van der Waals surface area (Å²) in [7, 11) is 0. The third kappa shape index (κ3) is 4.51. The van der Waals surface area contributed by atoms with Crippen LogP contribution in [0.4, 0.5) is 5.82 Å². The summed E-state index contributed by atoms with van der Waals surface area (Å²) in [6.07, 6.45) is 7.18. The molecular weight excluding hydrogens is 304 g/mol. The lowest BCUT2D eigenvalue weighted by Gasteiger charge is -2.20. The number of esters is 1. The Morgan fingerprint density at radius 3 is 2.74 bits per heavy atom. The number of imidazole rings is 1. The van der Waals surface area contributed by atoms with Crippen molar-refractivity contribution in [2.45, 2.75) is 51.6 Å². The highest BCUT2D eigenvalue weighted by Gasteiger charge is 2.24. The zero-order chi connectivity index (χ0) is 16.8. The minimum absolute atomic E-state index is 0.0182. The Morgan fingerprint density at radius 2 is 2.13 bits per heavy atom. The molecule has 0 radical (unpaired) electrons. The molecule has 0 saturated heterocycles. The molecular formula is C14H20N4O5. The van der Waals surface area contributed by atoms with Gasteiger partial charge in [0.15, 0.2) is 6.04 Å². The van der Waals surface area contributed by atoms with Gasteiger partial charge in [-0.2, -0.15) is 4.57 Å². The molecule has 0 aromatic carbocycles. The van der Waals surface area contributed by atoms with Crippen LogP contribution in [-0.2, 0) is 16.1 Å². The number of carbonyl (C=O) groups is 1. The van der Waals surface area contributed by atoms with E-state index in [1.807, 2.05) is 0 Å². The van der Waals surface area contributed by atoms with E-state index in [2.05, 4.69) is 4.98 Å². The molecule has 0 atom stereocenters. The summed E-state index contributed by atoms with van der Waals surface area (Å²) < 4.78 is 6.93. The molecule has 1 fully saturated rings. The second kappa shape index (κ2) is 7.70. The normalized spacial score (nSPS) is 16.3. The molecule has 9 heteroatoms. The van der Waals surface area contributed by atoms with E-state index in [0.717, 1.165) is 43.0 Å². The predicted molar refractivity (Wildman–Crippen MR) is 81.2 cm³/mol. The Morgan fingerprint density at radius 1 is 1.43 bits per heavy atom. The maximum atomic E-state index is 12.2. The number of nitro groups is 1. The van der Waals surface area contributed by atoms with Crippen molar-refractivity contribution in [3.63, 3.8) is 0 Å². The van der Waals surface area contributed by atoms with Crippen molar-refractivity contribution >= 4 is 18.0 Å². The van der Waals surface area contributed by atoms with Gasteiger partial charge in [0, 0.05) is 19.8 Å². The quantitative estimate of drug-likeness (QED) is 0.196. The molecule has 1 aliphatic carbocycles. The first-order valence-corrected chi connectivity index (χ1v) is 7.62. The molecule has 1 aromatic heterocycles. The molecule has 0 spiro atoms. The van der Waals surface area contributed by atoms with Crippen LogP contribution in [-0.4, -0.2) is 44.0 Å². The number of aromatic nitrogens is 2. The van der Waals surface area contributed by atoms with Crippen LogP contribution < -0.4 is 0 Å². The van der Waals surface area contributed by atoms with Crippen molar-refractivity contribution in [3.05, 3.63) is 27.3 Å². The first-order chi connectivity index (χ1) is 11.0. The van der Waals surface area contributed by atoms with E-state index in [1.165, 1.54) is 17.7 Å². The molecule has 1 aliphatic rings. The average molecular weight is 324 g/mol. The molecule has 0 bridgehead atoms. The van der Waals surface area contributed by atoms with Gasteiger partial charge in [-0.1, -0.05) is 6.42 Å². The Labute approximate surface area is 133 Å². The zero-order valence-corrected chi connectivity index (χ0v) is 13.0. The van der Waals surface area contributed by atoms with Crippen molar-refractivity contribution in [3.8, 4) is 0 Å². The topological polar surface area (TPSA) is 113 Å². The molecule has 126 valence electrons. The molecule has 9 nitrogen and oxygen atoms in total. The summed E-state index contributed by atoms with van der Waals surface area (Å²) in [5, 5.41) is 23.3. The second-order valence-corrected chi connectivity index (χ2v) is 5.50. The SMILES string of the molecule is CC(=O)OCCn1c([N+](=O)[O-])cnc1/C=[N+](\[O-])C1CCCCC1. The van der Waals surface area contributed by atoms with E-state index in [1.54, 1.807) is 0 Å². The number of ether oxygens (including phenoxy) is 1. The van der Waals surface area contributed by atoms with Crippen LogP contribution >= 0.6 is 0 Å². The van der Waals surface area contributed by atoms with Gasteiger partial charge in [0.25, 0.3) is 5.82 Å². The van der Waals surface area contributed by atoms with Crippen molar-refractivity contribution < 1.29 is 19.2 Å². The number of nitrogens with zero attached hydrogens (tertiary/aromatic N) is 4. The molecule has 0 N–H and O–H groups in total. The average Bonchev–Trinajstić information content (AvgIpc) is 2.91. The van der Waals surface area contributed by atoms with E-state index in [-0.39, 0.29) is 30.8 Å². The second-order valence-electron chi connectivity index (χ2n) is 5.50. The fraction of sp³-hybridized carbons (Fsp3) is 0.643. The van der Waals surface area contributed by atoms with Crippen LogP contribution in [0.25, 0.3) is 0 Å². The first-order valence-electron chi connectivity index (χ1n) is 7.62. The van der Waals surface area contributed by atoms with Crippen molar-refractivity contribution in [2.75, 3.05) is 6.61 Å². The zero-order valence-electron chi connectivity index (χ0n) is 13.0. The Hall–Kier alpha value is -2.45. The van der Waals surface area contributed by atoms with E-state index in [0.29, 0.717) is 0 Å². The highest BCUT2D eigenvalue weighted by molar-refractivity contribution is 5.71. The van der Waals surface area contributed by atoms with Gasteiger partial charge in [0.2, 0.25) is 6.21 Å². The smallest absolute Gasteiger partial charge is 0.343 e. The third-order valence-corrected chi connectivity index (χ3v) is 3.85. The van der Waals surface area contributed by atoms with E-state index in [9.17, 15) is 20.1 Å². The Balaban J connectivity index is 2.19. The monoisotopic (exact) mass is 324 g/mol. The molecule has 1 heterocycles. The number of carbonyl (C=O) groups excluding carboxylic acids is 1. The Bertz CT molecular complexity index is 604. The molecule has 1 saturated carbocycles. The number of hydroxylamine groups is 1. The molecule has 0 amide bonds. The number of hydrogen-bond acceptors (Lipinski definition) is 6. The maximum absolute atomic E-state index is 12.2. The fourth-order valence-corrected chi connectivity index (χ4v) is 2.69. The molecule has 0 unspecified atom stereocenters. The fourth-order valence-electron chi connectivity index (χ4n) is 2.69. The third-order valence-electron chi connectivity index (χ3n) is 3.85. The van der Waals surface area contributed by atoms with Gasteiger partial charge in [0.1, 0.15) is 19.3 Å². The number of rotatable bonds is 6. The van der Waals surface area contributed by atoms with Gasteiger partial charge in [-0.25, -0.2) is 9.72 Å². The van der Waals surface area contributed by atoms with Gasteiger partial charge in [-0.05, 0) is 17.8 Å². The van der Waals surface area contributed by atoms with Crippen LogP contribution in [0.5, 0.6) is 0 Å². The van der Waals surface area contributed by atoms with Crippen molar-refractivity contribution in [1.82, 2.24) is 9.55 Å². The number of hydrogen-bond donors (Lipinski definition) is 0. The molecule has 2 rings (SSSR count). The van der Waals surface area contributed by atoms with Gasteiger partial charge in [-0.3, -0.25) is 4.79 Å². The molecule has 23 heavy (non-hydrogen) atoms. The van der Waals surface area contributed by atoms with E-state index < -0.39 is 10.9 Å². The summed E-state index contributed by atoms with van der Waals surface area (Å²) in [6, 6.07) is -0.110. The maximum Gasteiger partial charge on any atom is 0.343 e. The summed E-state index contributed by atoms with van der Waals surface area (Å²) in [4.78, 5) is 25.2. The van der Waals surface area contributed by atoms with Crippen LogP contribution in [0, 0.1) is 15.3 Å². The highest BCUT2D eigenvalue weighted by Crippen LogP contribution is 2.20. The standard InChI is InChI=1S/C14H20N4O5/c1-11(19)23-8-7-16-13(15-9-14(16)18(21)22)10-17(20)12-5-3-2-4-6-12/h9-10,12H,2-8H2,1H3/b17-10-. The minimum Gasteiger partial charge on any atom is -0.623 e. The predicted octanol–water partition coefficient (Wildman–Crippen LogP) is 1.62. The van der Waals surface area contributed by atoms with Crippen molar-refractivity contribution in [1.29, 1.82) is 0 Å². The van der Waals surface area contributed by atoms with E-state index >= 15 is 0 Å². The summed E-state index contributed by atoms with van der Waals surface area (Å²) >= 11 is 0. The summed E-state index contributed by atoms with van der Waals surface area (Å²) in [5.74, 6) is -0.504. The van der Waals surface area contributed by atoms with Crippen LogP contribution in [0.3, 0.4) is 0 Å². The Kier molecular flexibility index (Phi) is 5.67. The van der Waals surface area contributed by atoms with Crippen LogP contribution in [0.15, 0.2) is 6.20 Å². The highest BCUT2D eigenvalue weighted by atomic mass is 16.6. The van der Waals surface area contributed by atoms with Gasteiger partial charge >= 0.3 is 11.8 Å². The van der Waals surface area contributed by atoms with Crippen molar-refractivity contribution in [2.24, 2.45) is 0 Å². The largest absolute Gasteiger partial charge is 0.623 e. The summed E-state index contributed by atoms with van der Waals surface area (Å²) in [5.41, 5.74) is 0. The lowest BCUT2D eigenvalue weighted by Crippen LogP contribution is -2.26. The summed E-state index contributed by atoms with van der Waals surface area (Å²) in [6.45, 7) is 1.31. The first kappa shape index (κ1) is 16.9. The van der Waals surface area contributed by atoms with Crippen LogP contribution in [0.2, 0.25) is 0 Å². The van der Waals surface area contributed by atoms with Crippen LogP contribution in [0.1, 0.15) is 44.9 Å². The van der Waals surface area contributed by atoms with Gasteiger partial charge in [-0.15, -0.1) is 0 Å². The lowest BCUT2D eigenvalue weighted by molar-refractivity contribution is -0.501. The lowest BCUT2D eigenvalue weighted by atomic mass is 9.96. The van der Waals surface area contributed by atoms with Gasteiger partial charge < -0.3 is 20.1 Å².